The molecule has 0 amide bonds. The third kappa shape index (κ3) is 21.2. The summed E-state index contributed by atoms with van der Waals surface area (Å²) in [4.78, 5) is 43.1. The first-order chi connectivity index (χ1) is 14.5. The van der Waals surface area contributed by atoms with Gasteiger partial charge in [0.1, 0.15) is 12.7 Å². The van der Waals surface area contributed by atoms with Crippen LogP contribution < -0.4 is 34.7 Å². The molecule has 0 bridgehead atoms. The molecule has 32 heavy (non-hydrogen) atoms. The van der Waals surface area contributed by atoms with Crippen molar-refractivity contribution in [3.63, 3.8) is 0 Å². The van der Waals surface area contributed by atoms with E-state index in [0.29, 0.717) is 12.2 Å². The Hall–Kier alpha value is -0.680. The van der Waals surface area contributed by atoms with Gasteiger partial charge in [-0.1, -0.05) is 10.5 Å². The van der Waals surface area contributed by atoms with Gasteiger partial charge >= 0.3 is 35.5 Å². The molecular weight excluding hydrogens is 443 g/mol. The van der Waals surface area contributed by atoms with Crippen molar-refractivity contribution in [2.45, 2.75) is 52.1 Å². The minimum atomic E-state index is -1.53. The maximum absolute atomic E-state index is 11.5. The van der Waals surface area contributed by atoms with Crippen molar-refractivity contribution in [3.8, 4) is 0 Å². The quantitative estimate of drug-likeness (QED) is 0.0742. The van der Waals surface area contributed by atoms with Gasteiger partial charge in [0, 0.05) is 6.08 Å². The van der Waals surface area contributed by atoms with E-state index in [1.54, 1.807) is 0 Å². The second-order valence-corrected chi connectivity index (χ2v) is 6.74. The van der Waals surface area contributed by atoms with Crippen LogP contribution in [0.4, 0.5) is 0 Å². The number of aliphatic hydroxyl groups is 3. The Kier molecular flexibility index (Phi) is 20.7. The van der Waals surface area contributed by atoms with Gasteiger partial charge in [-0.25, -0.2) is 4.79 Å². The minimum absolute atomic E-state index is 0. The average Bonchev–Trinajstić information content (AvgIpc) is 2.66. The average molecular weight is 476 g/mol. The molecule has 0 aromatic carbocycles. The predicted molar refractivity (Wildman–Crippen MR) is 102 cm³/mol. The maximum Gasteiger partial charge on any atom is 1.00 e. The molecule has 13 nitrogen and oxygen atoms in total. The molecule has 0 rings (SSSR count). The summed E-state index contributed by atoms with van der Waals surface area (Å²) in [5, 5.41) is 40.5. The molecular formula is C18H33N2NaO11. The fourth-order valence-electron chi connectivity index (χ4n) is 1.66. The van der Waals surface area contributed by atoms with Crippen LogP contribution >= 0.6 is 0 Å². The van der Waals surface area contributed by atoms with E-state index >= 15 is 0 Å². The maximum atomic E-state index is 11.5. The zero-order chi connectivity index (χ0) is 23.8. The standard InChI is InChI=1S/C18H34N2O11.Na/c1-13(21)9-27-19(28-10-14(2)22)7-8-20(29-11-15(3)23)30-12-16(4)31-18(26)6-5-17(24)25;/h5-6,13-16,21-23H,7-12H2,1-4H3,(H,24,25);/q;+1/p-1/b6-5-;. The first-order valence-corrected chi connectivity index (χ1v) is 9.70. The van der Waals surface area contributed by atoms with Gasteiger partial charge in [-0.3, -0.25) is 19.4 Å². The Morgan fingerprint density at radius 3 is 1.50 bits per heavy atom. The summed E-state index contributed by atoms with van der Waals surface area (Å²) in [6, 6.07) is 0. The fourth-order valence-corrected chi connectivity index (χ4v) is 1.66. The Morgan fingerprint density at radius 2 is 1.16 bits per heavy atom. The van der Waals surface area contributed by atoms with Gasteiger partial charge in [-0.05, 0) is 33.8 Å². The minimum Gasteiger partial charge on any atom is -0.545 e. The number of hydrogen-bond acceptors (Lipinski definition) is 13. The van der Waals surface area contributed by atoms with Crippen LogP contribution in [-0.4, -0.2) is 102 Å². The van der Waals surface area contributed by atoms with Gasteiger partial charge in [0.2, 0.25) is 0 Å². The van der Waals surface area contributed by atoms with Crippen LogP contribution in [0.3, 0.4) is 0 Å². The molecule has 0 radical (unpaired) electrons. The number of carboxylic acids is 1. The monoisotopic (exact) mass is 476 g/mol. The topological polar surface area (TPSA) is 171 Å². The third-order valence-corrected chi connectivity index (χ3v) is 2.97. The number of esters is 1. The summed E-state index contributed by atoms with van der Waals surface area (Å²) in [5.74, 6) is -2.42. The van der Waals surface area contributed by atoms with Crippen molar-refractivity contribution in [3.05, 3.63) is 12.2 Å². The number of rotatable bonds is 18. The van der Waals surface area contributed by atoms with Crippen molar-refractivity contribution >= 4 is 11.9 Å². The number of carbonyl (C=O) groups is 2. The van der Waals surface area contributed by atoms with Crippen LogP contribution in [0.1, 0.15) is 27.7 Å². The number of nitrogens with zero attached hydrogens (tertiary/aromatic N) is 2. The Bertz CT molecular complexity index is 523. The molecule has 0 aliphatic heterocycles. The van der Waals surface area contributed by atoms with E-state index in [1.165, 1.54) is 27.7 Å². The number of carboxylic acid groups (broad SMARTS) is 1. The Labute approximate surface area is 209 Å². The van der Waals surface area contributed by atoms with E-state index in [0.717, 1.165) is 10.5 Å². The number of hydrogen-bond donors (Lipinski definition) is 3. The molecule has 14 heteroatoms. The van der Waals surface area contributed by atoms with E-state index in [-0.39, 0.29) is 69.1 Å². The summed E-state index contributed by atoms with van der Waals surface area (Å²) in [5.41, 5.74) is 0. The van der Waals surface area contributed by atoms with Crippen LogP contribution in [0, 0.1) is 0 Å². The summed E-state index contributed by atoms with van der Waals surface area (Å²) < 4.78 is 4.94. The van der Waals surface area contributed by atoms with Crippen molar-refractivity contribution in [1.82, 2.24) is 10.5 Å². The summed E-state index contributed by atoms with van der Waals surface area (Å²) in [6.45, 7) is 5.83. The van der Waals surface area contributed by atoms with Gasteiger partial charge in [-0.2, -0.15) is 0 Å². The summed E-state index contributed by atoms with van der Waals surface area (Å²) in [7, 11) is 0. The van der Waals surface area contributed by atoms with Gasteiger partial charge in [0.15, 0.2) is 0 Å². The number of carbonyl (C=O) groups excluding carboxylic acids is 2. The van der Waals surface area contributed by atoms with Crippen LogP contribution in [0.5, 0.6) is 0 Å². The molecule has 0 aliphatic rings. The van der Waals surface area contributed by atoms with Crippen molar-refractivity contribution in [2.75, 3.05) is 39.5 Å². The molecule has 0 saturated heterocycles. The smallest absolute Gasteiger partial charge is 0.545 e. The second kappa shape index (κ2) is 19.8. The zero-order valence-corrected chi connectivity index (χ0v) is 21.2. The molecule has 182 valence electrons. The largest absolute Gasteiger partial charge is 1.00 e. The molecule has 0 aromatic heterocycles. The van der Waals surface area contributed by atoms with Gasteiger partial charge in [0.25, 0.3) is 0 Å². The molecule has 0 spiro atoms. The number of aliphatic hydroxyl groups excluding tert-OH is 3. The Balaban J connectivity index is 0. The van der Waals surface area contributed by atoms with Crippen LogP contribution in [-0.2, 0) is 33.7 Å². The molecule has 3 N–H and O–H groups in total. The number of aliphatic carboxylic acids is 1. The summed E-state index contributed by atoms with van der Waals surface area (Å²) in [6.07, 6.45) is -1.79. The number of hydroxylamine groups is 4. The molecule has 0 heterocycles. The zero-order valence-electron chi connectivity index (χ0n) is 19.2. The number of ether oxygens (including phenoxy) is 1. The first kappa shape index (κ1) is 33.5. The van der Waals surface area contributed by atoms with Crippen molar-refractivity contribution in [1.29, 1.82) is 0 Å². The normalized spacial score (nSPS) is 15.4. The SMILES string of the molecule is CC(O)CON(CCN(OCC(C)O)OCC(C)OC(=O)/C=C\C(=O)[O-])OCC(C)O.[Na+]. The van der Waals surface area contributed by atoms with Gasteiger partial charge in [-0.15, -0.1) is 0 Å². The van der Waals surface area contributed by atoms with E-state index in [2.05, 4.69) is 0 Å². The predicted octanol–water partition coefficient (Wildman–Crippen LogP) is -5.30. The van der Waals surface area contributed by atoms with E-state index < -0.39 is 36.4 Å². The fraction of sp³-hybridized carbons (Fsp3) is 0.778. The van der Waals surface area contributed by atoms with Crippen LogP contribution in [0.25, 0.3) is 0 Å². The molecule has 0 aromatic rings. The molecule has 0 saturated carbocycles. The van der Waals surface area contributed by atoms with Gasteiger partial charge < -0.3 is 30.0 Å². The molecule has 0 aliphatic carbocycles. The summed E-state index contributed by atoms with van der Waals surface area (Å²) >= 11 is 0. The van der Waals surface area contributed by atoms with E-state index in [9.17, 15) is 30.0 Å². The molecule has 4 unspecified atom stereocenters. The van der Waals surface area contributed by atoms with Crippen LogP contribution in [0.2, 0.25) is 0 Å². The van der Waals surface area contributed by atoms with Crippen LogP contribution in [0.15, 0.2) is 12.2 Å². The van der Waals surface area contributed by atoms with E-state index in [4.69, 9.17) is 24.1 Å². The second-order valence-electron chi connectivity index (χ2n) is 6.74. The first-order valence-electron chi connectivity index (χ1n) is 9.70. The molecule has 0 fully saturated rings. The van der Waals surface area contributed by atoms with Crippen molar-refractivity contribution < 1.29 is 83.7 Å². The van der Waals surface area contributed by atoms with Gasteiger partial charge in [0.05, 0.1) is 57.2 Å². The molecule has 4 atom stereocenters. The van der Waals surface area contributed by atoms with Crippen molar-refractivity contribution in [2.24, 2.45) is 0 Å². The third-order valence-electron chi connectivity index (χ3n) is 2.97. The van der Waals surface area contributed by atoms with E-state index in [1.807, 2.05) is 0 Å². The Morgan fingerprint density at radius 1 is 0.781 bits per heavy atom.